The summed E-state index contributed by atoms with van der Waals surface area (Å²) >= 11 is 0. The van der Waals surface area contributed by atoms with E-state index in [0.29, 0.717) is 17.8 Å². The molecule has 0 aliphatic rings. The maximum absolute atomic E-state index is 13.2. The molecule has 0 atom stereocenters. The van der Waals surface area contributed by atoms with Crippen LogP contribution in [0.1, 0.15) is 33.3 Å². The lowest BCUT2D eigenvalue weighted by molar-refractivity contribution is 0.0516. The molecule has 31 heavy (non-hydrogen) atoms. The van der Waals surface area contributed by atoms with Gasteiger partial charge in [-0.2, -0.15) is 0 Å². The van der Waals surface area contributed by atoms with Gasteiger partial charge in [0.25, 0.3) is 0 Å². The number of carbonyl (C=O) groups excluding carboxylic acids is 2. The van der Waals surface area contributed by atoms with Crippen LogP contribution in [0, 0.1) is 0 Å². The van der Waals surface area contributed by atoms with Gasteiger partial charge in [0, 0.05) is 28.6 Å². The molecule has 0 fully saturated rings. The van der Waals surface area contributed by atoms with E-state index in [4.69, 9.17) is 9.47 Å². The van der Waals surface area contributed by atoms with Gasteiger partial charge < -0.3 is 14.0 Å². The van der Waals surface area contributed by atoms with Crippen LogP contribution in [-0.2, 0) is 11.3 Å². The van der Waals surface area contributed by atoms with E-state index in [1.807, 2.05) is 65.2 Å². The minimum Gasteiger partial charge on any atom is -0.497 e. The predicted octanol–water partition coefficient (Wildman–Crippen LogP) is 5.35. The van der Waals surface area contributed by atoms with Crippen molar-refractivity contribution in [3.05, 3.63) is 89.6 Å². The van der Waals surface area contributed by atoms with Gasteiger partial charge in [-0.1, -0.05) is 48.5 Å². The first-order chi connectivity index (χ1) is 15.2. The molecule has 0 unspecified atom stereocenters. The van der Waals surface area contributed by atoms with Crippen LogP contribution >= 0.6 is 0 Å². The van der Waals surface area contributed by atoms with E-state index in [2.05, 4.69) is 0 Å². The Morgan fingerprint density at radius 1 is 1.00 bits per heavy atom. The Kier molecular flexibility index (Phi) is 5.85. The maximum atomic E-state index is 13.2. The number of carbonyl (C=O) groups is 2. The fourth-order valence-corrected chi connectivity index (χ4v) is 3.89. The standard InChI is InChI=1S/C26H23NO4/c1-3-31-26(29)25-24(20-10-6-9-19(14-20)17-28)22-12-4-5-13-23(22)27(25)16-18-8-7-11-21(15-18)30-2/h4-15,17H,3,16H2,1-2H3. The summed E-state index contributed by atoms with van der Waals surface area (Å²) in [6.45, 7) is 2.53. The van der Waals surface area contributed by atoms with Gasteiger partial charge in [0.05, 0.1) is 13.7 Å². The first-order valence-corrected chi connectivity index (χ1v) is 10.1. The van der Waals surface area contributed by atoms with Crippen LogP contribution in [0.5, 0.6) is 5.75 Å². The summed E-state index contributed by atoms with van der Waals surface area (Å²) in [6.07, 6.45) is 0.809. The van der Waals surface area contributed by atoms with Gasteiger partial charge in [-0.3, -0.25) is 4.79 Å². The lowest BCUT2D eigenvalue weighted by Crippen LogP contribution is -2.14. The summed E-state index contributed by atoms with van der Waals surface area (Å²) in [5.41, 5.74) is 4.50. The minimum atomic E-state index is -0.395. The number of fused-ring (bicyclic) bond motifs is 1. The fourth-order valence-electron chi connectivity index (χ4n) is 3.89. The molecule has 0 aliphatic carbocycles. The Morgan fingerprint density at radius 2 is 1.81 bits per heavy atom. The number of nitrogens with zero attached hydrogens (tertiary/aromatic N) is 1. The van der Waals surface area contributed by atoms with Gasteiger partial charge in [0.2, 0.25) is 0 Å². The number of aromatic nitrogens is 1. The van der Waals surface area contributed by atoms with Crippen molar-refractivity contribution >= 4 is 23.2 Å². The van der Waals surface area contributed by atoms with Crippen molar-refractivity contribution in [2.45, 2.75) is 13.5 Å². The van der Waals surface area contributed by atoms with Crippen molar-refractivity contribution in [3.8, 4) is 16.9 Å². The number of hydrogen-bond acceptors (Lipinski definition) is 4. The van der Waals surface area contributed by atoms with E-state index in [1.165, 1.54) is 0 Å². The van der Waals surface area contributed by atoms with Crippen LogP contribution in [0.15, 0.2) is 72.8 Å². The Bertz CT molecular complexity index is 1260. The minimum absolute atomic E-state index is 0.271. The number of benzene rings is 3. The molecule has 1 heterocycles. The third-order valence-electron chi connectivity index (χ3n) is 5.23. The summed E-state index contributed by atoms with van der Waals surface area (Å²) in [5, 5.41) is 0.927. The summed E-state index contributed by atoms with van der Waals surface area (Å²) < 4.78 is 12.8. The second-order valence-electron chi connectivity index (χ2n) is 7.14. The highest BCUT2D eigenvalue weighted by Gasteiger charge is 2.25. The summed E-state index contributed by atoms with van der Waals surface area (Å²) in [5.74, 6) is 0.360. The summed E-state index contributed by atoms with van der Waals surface area (Å²) in [4.78, 5) is 24.5. The number of para-hydroxylation sites is 1. The number of aldehydes is 1. The molecule has 0 radical (unpaired) electrons. The number of ether oxygens (including phenoxy) is 2. The number of hydrogen-bond donors (Lipinski definition) is 0. The molecule has 0 saturated carbocycles. The van der Waals surface area contributed by atoms with Crippen molar-refractivity contribution in [2.24, 2.45) is 0 Å². The van der Waals surface area contributed by atoms with Crippen LogP contribution in [-0.4, -0.2) is 30.5 Å². The molecule has 0 saturated heterocycles. The lowest BCUT2D eigenvalue weighted by atomic mass is 10.00. The highest BCUT2D eigenvalue weighted by molar-refractivity contribution is 6.09. The normalized spacial score (nSPS) is 10.8. The zero-order valence-corrected chi connectivity index (χ0v) is 17.5. The molecule has 5 nitrogen and oxygen atoms in total. The van der Waals surface area contributed by atoms with Crippen LogP contribution in [0.4, 0.5) is 0 Å². The number of rotatable bonds is 7. The lowest BCUT2D eigenvalue weighted by Gasteiger charge is -2.13. The van der Waals surface area contributed by atoms with Crippen molar-refractivity contribution in [2.75, 3.05) is 13.7 Å². The third kappa shape index (κ3) is 3.94. The topological polar surface area (TPSA) is 57.5 Å². The van der Waals surface area contributed by atoms with E-state index in [0.717, 1.165) is 39.6 Å². The van der Waals surface area contributed by atoms with Crippen molar-refractivity contribution in [3.63, 3.8) is 0 Å². The van der Waals surface area contributed by atoms with Crippen LogP contribution < -0.4 is 4.74 Å². The predicted molar refractivity (Wildman–Crippen MR) is 121 cm³/mol. The molecule has 0 spiro atoms. The average Bonchev–Trinajstić information content (AvgIpc) is 3.13. The molecule has 5 heteroatoms. The van der Waals surface area contributed by atoms with Gasteiger partial charge in [-0.25, -0.2) is 4.79 Å². The van der Waals surface area contributed by atoms with Gasteiger partial charge in [-0.15, -0.1) is 0 Å². The Morgan fingerprint density at radius 3 is 2.58 bits per heavy atom. The number of methoxy groups -OCH3 is 1. The third-order valence-corrected chi connectivity index (χ3v) is 5.23. The number of esters is 1. The highest BCUT2D eigenvalue weighted by Crippen LogP contribution is 2.36. The van der Waals surface area contributed by atoms with E-state index in [9.17, 15) is 9.59 Å². The van der Waals surface area contributed by atoms with E-state index >= 15 is 0 Å². The highest BCUT2D eigenvalue weighted by atomic mass is 16.5. The monoisotopic (exact) mass is 413 g/mol. The van der Waals surface area contributed by atoms with Crippen molar-refractivity contribution < 1.29 is 19.1 Å². The molecule has 0 bridgehead atoms. The fraction of sp³-hybridized carbons (Fsp3) is 0.154. The summed E-state index contributed by atoms with van der Waals surface area (Å²) in [6, 6.07) is 22.9. The first kappa shape index (κ1) is 20.4. The van der Waals surface area contributed by atoms with Crippen molar-refractivity contribution in [1.82, 2.24) is 4.57 Å². The molecule has 0 amide bonds. The zero-order chi connectivity index (χ0) is 21.8. The second kappa shape index (κ2) is 8.88. The van der Waals surface area contributed by atoms with Gasteiger partial charge in [0.1, 0.15) is 17.7 Å². The smallest absolute Gasteiger partial charge is 0.355 e. The molecule has 4 rings (SSSR count). The van der Waals surface area contributed by atoms with E-state index in [-0.39, 0.29) is 6.61 Å². The first-order valence-electron chi connectivity index (χ1n) is 10.1. The largest absolute Gasteiger partial charge is 0.497 e. The zero-order valence-electron chi connectivity index (χ0n) is 17.5. The second-order valence-corrected chi connectivity index (χ2v) is 7.14. The molecule has 0 N–H and O–H groups in total. The molecule has 4 aromatic rings. The molecule has 3 aromatic carbocycles. The van der Waals surface area contributed by atoms with Gasteiger partial charge in [-0.05, 0) is 42.3 Å². The van der Waals surface area contributed by atoms with Gasteiger partial charge in [0.15, 0.2) is 0 Å². The Balaban J connectivity index is 1.99. The Hall–Kier alpha value is -3.86. The molecular weight excluding hydrogens is 390 g/mol. The molecular formula is C26H23NO4. The molecule has 156 valence electrons. The van der Waals surface area contributed by atoms with Crippen LogP contribution in [0.25, 0.3) is 22.0 Å². The molecule has 0 aliphatic heterocycles. The molecule has 1 aromatic heterocycles. The van der Waals surface area contributed by atoms with E-state index < -0.39 is 5.97 Å². The van der Waals surface area contributed by atoms with Crippen LogP contribution in [0.2, 0.25) is 0 Å². The van der Waals surface area contributed by atoms with Crippen molar-refractivity contribution in [1.29, 1.82) is 0 Å². The average molecular weight is 413 g/mol. The van der Waals surface area contributed by atoms with Crippen LogP contribution in [0.3, 0.4) is 0 Å². The SMILES string of the molecule is CCOC(=O)c1c(-c2cccc(C=O)c2)c2ccccc2n1Cc1cccc(OC)c1. The van der Waals surface area contributed by atoms with E-state index in [1.54, 1.807) is 26.2 Å². The maximum Gasteiger partial charge on any atom is 0.355 e. The Labute approximate surface area is 180 Å². The summed E-state index contributed by atoms with van der Waals surface area (Å²) in [7, 11) is 1.63. The quantitative estimate of drug-likeness (QED) is 0.303. The van der Waals surface area contributed by atoms with Gasteiger partial charge >= 0.3 is 5.97 Å².